The van der Waals surface area contributed by atoms with Crippen molar-refractivity contribution in [2.24, 2.45) is 17.8 Å². The largest absolute Gasteiger partial charge is 0.344 e. The van der Waals surface area contributed by atoms with Gasteiger partial charge in [-0.25, -0.2) is 0 Å². The Bertz CT molecular complexity index is 609. The number of rotatable bonds is 5. The lowest BCUT2D eigenvalue weighted by Crippen LogP contribution is -2.52. The summed E-state index contributed by atoms with van der Waals surface area (Å²) in [6, 6.07) is 9.22. The second-order valence-electron chi connectivity index (χ2n) is 8.03. The second-order valence-corrected chi connectivity index (χ2v) is 8.03. The van der Waals surface area contributed by atoms with Crippen molar-refractivity contribution in [3.63, 3.8) is 0 Å². The maximum absolute atomic E-state index is 13.1. The molecule has 2 aliphatic rings. The van der Waals surface area contributed by atoms with E-state index in [4.69, 9.17) is 0 Å². The summed E-state index contributed by atoms with van der Waals surface area (Å²) in [6.45, 7) is 7.77. The van der Waals surface area contributed by atoms with E-state index >= 15 is 0 Å². The van der Waals surface area contributed by atoms with E-state index < -0.39 is 6.04 Å². The highest BCUT2D eigenvalue weighted by Gasteiger charge is 2.34. The van der Waals surface area contributed by atoms with E-state index in [1.165, 1.54) is 0 Å². The van der Waals surface area contributed by atoms with Crippen LogP contribution in [0.3, 0.4) is 0 Å². The number of nitrogens with one attached hydrogen (secondary N) is 2. The van der Waals surface area contributed by atoms with E-state index in [0.717, 1.165) is 44.6 Å². The van der Waals surface area contributed by atoms with Crippen LogP contribution in [0.1, 0.15) is 32.3 Å². The lowest BCUT2D eigenvalue weighted by atomic mass is 9.92. The fraction of sp³-hybridized carbons (Fsp3) is 0.619. The number of fused-ring (bicyclic) bond motifs is 1. The molecule has 3 rings (SSSR count). The van der Waals surface area contributed by atoms with Gasteiger partial charge in [0.05, 0.1) is 6.42 Å². The van der Waals surface area contributed by atoms with Crippen molar-refractivity contribution in [1.29, 1.82) is 0 Å². The van der Waals surface area contributed by atoms with Gasteiger partial charge >= 0.3 is 0 Å². The van der Waals surface area contributed by atoms with Gasteiger partial charge in [-0.1, -0.05) is 44.2 Å². The molecule has 0 radical (unpaired) electrons. The van der Waals surface area contributed by atoms with Crippen LogP contribution >= 0.6 is 12.4 Å². The average molecular weight is 394 g/mol. The molecule has 0 aliphatic carbocycles. The third kappa shape index (κ3) is 5.69. The molecule has 2 aliphatic heterocycles. The van der Waals surface area contributed by atoms with Gasteiger partial charge in [0.15, 0.2) is 0 Å². The van der Waals surface area contributed by atoms with Gasteiger partial charge in [-0.2, -0.15) is 0 Å². The Morgan fingerprint density at radius 2 is 1.70 bits per heavy atom. The van der Waals surface area contributed by atoms with Gasteiger partial charge in [0.1, 0.15) is 6.04 Å². The lowest BCUT2D eigenvalue weighted by Gasteiger charge is -2.29. The zero-order chi connectivity index (χ0) is 18.5. The van der Waals surface area contributed by atoms with Gasteiger partial charge in [0, 0.05) is 13.1 Å². The average Bonchev–Trinajstić information content (AvgIpc) is 2.98. The molecule has 2 amide bonds. The summed E-state index contributed by atoms with van der Waals surface area (Å²) < 4.78 is 0. The topological polar surface area (TPSA) is 61.4 Å². The van der Waals surface area contributed by atoms with E-state index in [1.807, 2.05) is 49.1 Å². The van der Waals surface area contributed by atoms with Crippen molar-refractivity contribution in [3.8, 4) is 0 Å². The maximum atomic E-state index is 13.1. The number of nitrogens with zero attached hydrogens (tertiary/aromatic N) is 1. The second kappa shape index (κ2) is 10.1. The maximum Gasteiger partial charge on any atom is 0.245 e. The Kier molecular flexibility index (Phi) is 8.11. The molecule has 0 saturated carbocycles. The first-order valence-corrected chi connectivity index (χ1v) is 9.87. The smallest absolute Gasteiger partial charge is 0.245 e. The number of amides is 2. The van der Waals surface area contributed by atoms with Crippen LogP contribution in [0.15, 0.2) is 30.3 Å². The summed E-state index contributed by atoms with van der Waals surface area (Å²) in [5.74, 6) is 1.45. The van der Waals surface area contributed by atoms with E-state index in [0.29, 0.717) is 18.3 Å². The van der Waals surface area contributed by atoms with E-state index in [9.17, 15) is 9.59 Å². The molecule has 2 fully saturated rings. The lowest BCUT2D eigenvalue weighted by molar-refractivity contribution is -0.137. The molecule has 6 heteroatoms. The molecule has 150 valence electrons. The predicted octanol–water partition coefficient (Wildman–Crippen LogP) is 2.25. The third-order valence-corrected chi connectivity index (χ3v) is 5.79. The van der Waals surface area contributed by atoms with Gasteiger partial charge in [-0.05, 0) is 49.2 Å². The highest BCUT2D eigenvalue weighted by molar-refractivity contribution is 5.88. The Morgan fingerprint density at radius 3 is 2.26 bits per heavy atom. The molecule has 2 N–H and O–H groups in total. The fourth-order valence-corrected chi connectivity index (χ4v) is 4.15. The van der Waals surface area contributed by atoms with Crippen molar-refractivity contribution in [2.75, 3.05) is 26.2 Å². The zero-order valence-corrected chi connectivity index (χ0v) is 17.1. The Labute approximate surface area is 168 Å². The number of carbonyl (C=O) groups excluding carboxylic acids is 2. The van der Waals surface area contributed by atoms with Gasteiger partial charge in [-0.15, -0.1) is 12.4 Å². The molecule has 1 unspecified atom stereocenters. The van der Waals surface area contributed by atoms with Crippen molar-refractivity contribution in [2.45, 2.75) is 39.2 Å². The van der Waals surface area contributed by atoms with Crippen molar-refractivity contribution < 1.29 is 9.59 Å². The zero-order valence-electron chi connectivity index (χ0n) is 16.3. The first-order valence-electron chi connectivity index (χ1n) is 9.87. The normalized spacial score (nSPS) is 23.1. The highest BCUT2D eigenvalue weighted by Crippen LogP contribution is 2.27. The molecule has 0 aromatic heterocycles. The molecular formula is C21H32ClN3O2. The predicted molar refractivity (Wildman–Crippen MR) is 110 cm³/mol. The Morgan fingerprint density at radius 1 is 1.11 bits per heavy atom. The number of hydrogen-bond donors (Lipinski definition) is 2. The van der Waals surface area contributed by atoms with Crippen LogP contribution in [0, 0.1) is 17.8 Å². The first kappa shape index (κ1) is 21.7. The summed E-state index contributed by atoms with van der Waals surface area (Å²) >= 11 is 0. The Balaban J connectivity index is 0.00000261. The number of hydrogen-bond acceptors (Lipinski definition) is 3. The standard InChI is InChI=1S/C21H31N3O2.ClH/c1-15(2)20(23-19(25)12-16-6-4-3-5-7-16)21(26)24-10-8-17-13-22-14-18(17)9-11-24;/h3-7,15,17-18,20,22H,8-14H2,1-2H3,(H,23,25);1H/t17-,18+,20?;. The molecule has 1 aromatic carbocycles. The van der Waals surface area contributed by atoms with E-state index in [2.05, 4.69) is 10.6 Å². The SMILES string of the molecule is CC(C)C(NC(=O)Cc1ccccc1)C(=O)N1CC[C@@H]2CNC[C@@H]2CC1.Cl. The number of carbonyl (C=O) groups is 2. The summed E-state index contributed by atoms with van der Waals surface area (Å²) in [6.07, 6.45) is 2.44. The van der Waals surface area contributed by atoms with Crippen LogP contribution in [-0.2, 0) is 16.0 Å². The van der Waals surface area contributed by atoms with Crippen LogP contribution in [0.5, 0.6) is 0 Å². The summed E-state index contributed by atoms with van der Waals surface area (Å²) in [4.78, 5) is 27.5. The summed E-state index contributed by atoms with van der Waals surface area (Å²) in [5.41, 5.74) is 0.968. The number of halogens is 1. The minimum atomic E-state index is -0.442. The fourth-order valence-electron chi connectivity index (χ4n) is 4.15. The van der Waals surface area contributed by atoms with Gasteiger partial charge in [-0.3, -0.25) is 9.59 Å². The third-order valence-electron chi connectivity index (χ3n) is 5.79. The minimum absolute atomic E-state index is 0. The summed E-state index contributed by atoms with van der Waals surface area (Å²) in [5, 5.41) is 6.46. The molecular weight excluding hydrogens is 362 g/mol. The summed E-state index contributed by atoms with van der Waals surface area (Å²) in [7, 11) is 0. The van der Waals surface area contributed by atoms with Crippen LogP contribution in [0.2, 0.25) is 0 Å². The first-order chi connectivity index (χ1) is 12.5. The quantitative estimate of drug-likeness (QED) is 0.806. The van der Waals surface area contributed by atoms with Gasteiger partial charge in [0.2, 0.25) is 11.8 Å². The molecule has 5 nitrogen and oxygen atoms in total. The number of likely N-dealkylation sites (tertiary alicyclic amines) is 1. The monoisotopic (exact) mass is 393 g/mol. The molecule has 2 heterocycles. The van der Waals surface area contributed by atoms with E-state index in [1.54, 1.807) is 0 Å². The van der Waals surface area contributed by atoms with Crippen molar-refractivity contribution >= 4 is 24.2 Å². The Hall–Kier alpha value is -1.59. The minimum Gasteiger partial charge on any atom is -0.344 e. The molecule has 2 saturated heterocycles. The van der Waals surface area contributed by atoms with Crippen molar-refractivity contribution in [3.05, 3.63) is 35.9 Å². The van der Waals surface area contributed by atoms with Crippen LogP contribution < -0.4 is 10.6 Å². The molecule has 3 atom stereocenters. The molecule has 0 bridgehead atoms. The van der Waals surface area contributed by atoms with Gasteiger partial charge < -0.3 is 15.5 Å². The number of benzene rings is 1. The van der Waals surface area contributed by atoms with Gasteiger partial charge in [0.25, 0.3) is 0 Å². The van der Waals surface area contributed by atoms with Crippen LogP contribution in [0.25, 0.3) is 0 Å². The van der Waals surface area contributed by atoms with E-state index in [-0.39, 0.29) is 30.1 Å². The van der Waals surface area contributed by atoms with Crippen LogP contribution in [0.4, 0.5) is 0 Å². The van der Waals surface area contributed by atoms with Crippen LogP contribution in [-0.4, -0.2) is 48.9 Å². The molecule has 27 heavy (non-hydrogen) atoms. The van der Waals surface area contributed by atoms with Crippen molar-refractivity contribution in [1.82, 2.24) is 15.5 Å². The highest BCUT2D eigenvalue weighted by atomic mass is 35.5. The molecule has 1 aromatic rings. The molecule has 0 spiro atoms.